The number of pyridine rings is 1. The van der Waals surface area contributed by atoms with Gasteiger partial charge in [0, 0.05) is 25.5 Å². The molecule has 1 N–H and O–H groups in total. The molecule has 1 aromatic heterocycles. The fraction of sp³-hybridized carbons (Fsp3) is 0.294. The second kappa shape index (κ2) is 7.55. The van der Waals surface area contributed by atoms with Crippen molar-refractivity contribution in [1.82, 2.24) is 9.88 Å². The Hall–Kier alpha value is -2.20. The van der Waals surface area contributed by atoms with Gasteiger partial charge >= 0.3 is 5.97 Å². The summed E-state index contributed by atoms with van der Waals surface area (Å²) in [7, 11) is 0. The first-order valence-corrected chi connectivity index (χ1v) is 7.08. The maximum absolute atomic E-state index is 10.7. The Bertz CT molecular complexity index is 567. The van der Waals surface area contributed by atoms with Crippen molar-refractivity contribution in [2.75, 3.05) is 6.54 Å². The molecule has 0 saturated heterocycles. The topological polar surface area (TPSA) is 53.4 Å². The van der Waals surface area contributed by atoms with Gasteiger partial charge in [0.25, 0.3) is 0 Å². The van der Waals surface area contributed by atoms with Gasteiger partial charge < -0.3 is 5.11 Å². The molecule has 0 bridgehead atoms. The van der Waals surface area contributed by atoms with Crippen molar-refractivity contribution in [3.8, 4) is 0 Å². The van der Waals surface area contributed by atoms with E-state index in [1.165, 1.54) is 11.1 Å². The van der Waals surface area contributed by atoms with Crippen LogP contribution >= 0.6 is 0 Å². The summed E-state index contributed by atoms with van der Waals surface area (Å²) in [5, 5.41) is 8.77. The van der Waals surface area contributed by atoms with E-state index in [0.29, 0.717) is 0 Å². The molecule has 0 amide bonds. The number of rotatable bonds is 7. The van der Waals surface area contributed by atoms with Crippen molar-refractivity contribution >= 4 is 5.97 Å². The summed E-state index contributed by atoms with van der Waals surface area (Å²) >= 11 is 0. The molecule has 21 heavy (non-hydrogen) atoms. The Morgan fingerprint density at radius 1 is 1.00 bits per heavy atom. The van der Waals surface area contributed by atoms with Crippen molar-refractivity contribution in [2.24, 2.45) is 0 Å². The van der Waals surface area contributed by atoms with Gasteiger partial charge in [-0.1, -0.05) is 31.2 Å². The molecule has 0 radical (unpaired) electrons. The highest BCUT2D eigenvalue weighted by atomic mass is 16.4. The molecule has 4 nitrogen and oxygen atoms in total. The summed E-state index contributed by atoms with van der Waals surface area (Å²) in [6.07, 6.45) is 3.70. The van der Waals surface area contributed by atoms with E-state index in [9.17, 15) is 4.79 Å². The number of carboxylic acid groups (broad SMARTS) is 1. The number of hydrogen-bond acceptors (Lipinski definition) is 3. The molecule has 0 aliphatic rings. The van der Waals surface area contributed by atoms with Gasteiger partial charge in [-0.15, -0.1) is 0 Å². The van der Waals surface area contributed by atoms with Gasteiger partial charge in [0.05, 0.1) is 6.42 Å². The first-order chi connectivity index (χ1) is 10.2. The third-order valence-corrected chi connectivity index (χ3v) is 3.39. The Balaban J connectivity index is 1.96. The van der Waals surface area contributed by atoms with E-state index in [2.05, 4.69) is 16.8 Å². The molecule has 2 aromatic rings. The number of carbonyl (C=O) groups is 1. The SMILES string of the molecule is CCN(Cc1ccncc1)Cc1ccc(CC(=O)O)cc1. The van der Waals surface area contributed by atoms with Gasteiger partial charge in [-0.3, -0.25) is 14.7 Å². The number of aromatic nitrogens is 1. The Kier molecular flexibility index (Phi) is 5.46. The summed E-state index contributed by atoms with van der Waals surface area (Å²) < 4.78 is 0. The normalized spacial score (nSPS) is 10.8. The Morgan fingerprint density at radius 3 is 2.05 bits per heavy atom. The molecule has 1 aromatic carbocycles. The molecule has 0 saturated carbocycles. The summed E-state index contributed by atoms with van der Waals surface area (Å²) in [6, 6.07) is 11.9. The van der Waals surface area contributed by atoms with Crippen LogP contribution in [0.4, 0.5) is 0 Å². The minimum atomic E-state index is -0.796. The summed E-state index contributed by atoms with van der Waals surface area (Å²) in [4.78, 5) is 17.0. The highest BCUT2D eigenvalue weighted by Gasteiger charge is 2.06. The second-order valence-electron chi connectivity index (χ2n) is 5.05. The van der Waals surface area contributed by atoms with E-state index in [4.69, 9.17) is 5.11 Å². The van der Waals surface area contributed by atoms with E-state index in [1.807, 2.05) is 48.8 Å². The van der Waals surface area contributed by atoms with Gasteiger partial charge in [0.2, 0.25) is 0 Å². The summed E-state index contributed by atoms with van der Waals surface area (Å²) in [5.74, 6) is -0.796. The average Bonchev–Trinajstić information content (AvgIpc) is 2.49. The maximum Gasteiger partial charge on any atom is 0.307 e. The van der Waals surface area contributed by atoms with Gasteiger partial charge in [0.15, 0.2) is 0 Å². The van der Waals surface area contributed by atoms with Crippen LogP contribution in [0.1, 0.15) is 23.6 Å². The molecule has 0 unspecified atom stereocenters. The van der Waals surface area contributed by atoms with E-state index >= 15 is 0 Å². The van der Waals surface area contributed by atoms with Crippen molar-refractivity contribution in [3.05, 3.63) is 65.5 Å². The zero-order valence-electron chi connectivity index (χ0n) is 12.2. The van der Waals surface area contributed by atoms with E-state index < -0.39 is 5.97 Å². The molecule has 4 heteroatoms. The molecule has 0 spiro atoms. The third-order valence-electron chi connectivity index (χ3n) is 3.39. The van der Waals surface area contributed by atoms with Crippen LogP contribution < -0.4 is 0 Å². The Labute approximate surface area is 125 Å². The van der Waals surface area contributed by atoms with Crippen LogP contribution in [0, 0.1) is 0 Å². The smallest absolute Gasteiger partial charge is 0.307 e. The standard InChI is InChI=1S/C17H20N2O2/c1-2-19(13-16-7-9-18-10-8-16)12-15-5-3-14(4-6-15)11-17(20)21/h3-10H,2,11-13H2,1H3,(H,20,21). The van der Waals surface area contributed by atoms with Crippen LogP contribution in [0.15, 0.2) is 48.8 Å². The van der Waals surface area contributed by atoms with Crippen LogP contribution in [0.3, 0.4) is 0 Å². The minimum absolute atomic E-state index is 0.0782. The molecule has 0 aliphatic heterocycles. The largest absolute Gasteiger partial charge is 0.481 e. The van der Waals surface area contributed by atoms with Crippen molar-refractivity contribution in [3.63, 3.8) is 0 Å². The zero-order valence-corrected chi connectivity index (χ0v) is 12.2. The fourth-order valence-electron chi connectivity index (χ4n) is 2.22. The lowest BCUT2D eigenvalue weighted by Gasteiger charge is -2.20. The highest BCUT2D eigenvalue weighted by molar-refractivity contribution is 5.70. The molecule has 0 aliphatic carbocycles. The zero-order chi connectivity index (χ0) is 15.1. The number of nitrogens with zero attached hydrogens (tertiary/aromatic N) is 2. The van der Waals surface area contributed by atoms with Crippen molar-refractivity contribution in [2.45, 2.75) is 26.4 Å². The Morgan fingerprint density at radius 2 is 1.52 bits per heavy atom. The van der Waals surface area contributed by atoms with E-state index in [1.54, 1.807) is 0 Å². The first kappa shape index (κ1) is 15.2. The van der Waals surface area contributed by atoms with Crippen LogP contribution in [0.5, 0.6) is 0 Å². The molecule has 2 rings (SSSR count). The maximum atomic E-state index is 10.7. The quantitative estimate of drug-likeness (QED) is 0.849. The van der Waals surface area contributed by atoms with Gasteiger partial charge in [-0.05, 0) is 35.4 Å². The van der Waals surface area contributed by atoms with Gasteiger partial charge in [-0.25, -0.2) is 0 Å². The van der Waals surface area contributed by atoms with Crippen LogP contribution in [0.2, 0.25) is 0 Å². The summed E-state index contributed by atoms with van der Waals surface area (Å²) in [6.45, 7) is 4.83. The van der Waals surface area contributed by atoms with Crippen molar-refractivity contribution in [1.29, 1.82) is 0 Å². The van der Waals surface area contributed by atoms with E-state index in [0.717, 1.165) is 25.2 Å². The highest BCUT2D eigenvalue weighted by Crippen LogP contribution is 2.11. The fourth-order valence-corrected chi connectivity index (χ4v) is 2.22. The predicted octanol–water partition coefficient (Wildman–Crippen LogP) is 2.73. The van der Waals surface area contributed by atoms with Gasteiger partial charge in [0.1, 0.15) is 0 Å². The number of hydrogen-bond donors (Lipinski definition) is 1. The van der Waals surface area contributed by atoms with Crippen LogP contribution in [-0.4, -0.2) is 27.5 Å². The third kappa shape index (κ3) is 5.00. The molecule has 0 fully saturated rings. The number of aliphatic carboxylic acids is 1. The van der Waals surface area contributed by atoms with Crippen LogP contribution in [-0.2, 0) is 24.3 Å². The van der Waals surface area contributed by atoms with Gasteiger partial charge in [-0.2, -0.15) is 0 Å². The molecular weight excluding hydrogens is 264 g/mol. The predicted molar refractivity (Wildman–Crippen MR) is 81.8 cm³/mol. The molecular formula is C17H20N2O2. The monoisotopic (exact) mass is 284 g/mol. The molecule has 110 valence electrons. The number of carboxylic acids is 1. The molecule has 0 atom stereocenters. The average molecular weight is 284 g/mol. The lowest BCUT2D eigenvalue weighted by atomic mass is 10.1. The first-order valence-electron chi connectivity index (χ1n) is 7.08. The number of benzene rings is 1. The lowest BCUT2D eigenvalue weighted by Crippen LogP contribution is -2.22. The lowest BCUT2D eigenvalue weighted by molar-refractivity contribution is -0.136. The minimum Gasteiger partial charge on any atom is -0.481 e. The second-order valence-corrected chi connectivity index (χ2v) is 5.05. The van der Waals surface area contributed by atoms with Crippen molar-refractivity contribution < 1.29 is 9.90 Å². The summed E-state index contributed by atoms with van der Waals surface area (Å²) in [5.41, 5.74) is 3.28. The van der Waals surface area contributed by atoms with Crippen LogP contribution in [0.25, 0.3) is 0 Å². The molecule has 1 heterocycles. The van der Waals surface area contributed by atoms with E-state index in [-0.39, 0.29) is 6.42 Å².